The second kappa shape index (κ2) is 8.25. The van der Waals surface area contributed by atoms with Gasteiger partial charge < -0.3 is 9.64 Å². The third-order valence-corrected chi connectivity index (χ3v) is 3.70. The number of carbonyl (C=O) groups excluding carboxylic acids is 2. The number of ether oxygens (including phenoxy) is 1. The van der Waals surface area contributed by atoms with Gasteiger partial charge in [-0.05, 0) is 31.1 Å². The van der Waals surface area contributed by atoms with Crippen molar-refractivity contribution in [2.45, 2.75) is 46.1 Å². The van der Waals surface area contributed by atoms with Crippen molar-refractivity contribution in [3.05, 3.63) is 0 Å². The molecule has 116 valence electrons. The molecule has 5 nitrogen and oxygen atoms in total. The molecule has 0 aromatic carbocycles. The molecule has 0 aliphatic carbocycles. The first-order chi connectivity index (χ1) is 9.43. The first-order valence-corrected chi connectivity index (χ1v) is 7.53. The summed E-state index contributed by atoms with van der Waals surface area (Å²) in [5.41, 5.74) is 0. The van der Waals surface area contributed by atoms with Crippen LogP contribution >= 0.6 is 0 Å². The van der Waals surface area contributed by atoms with Crippen molar-refractivity contribution in [3.63, 3.8) is 0 Å². The lowest BCUT2D eigenvalue weighted by molar-refractivity contribution is -0.143. The van der Waals surface area contributed by atoms with E-state index in [9.17, 15) is 9.59 Å². The minimum atomic E-state index is -0.397. The number of rotatable bonds is 6. The number of piperidine rings is 1. The van der Waals surface area contributed by atoms with Crippen molar-refractivity contribution in [1.82, 2.24) is 10.2 Å². The first-order valence-electron chi connectivity index (χ1n) is 7.53. The highest BCUT2D eigenvalue weighted by atomic mass is 16.5. The van der Waals surface area contributed by atoms with E-state index in [2.05, 4.69) is 12.2 Å². The summed E-state index contributed by atoms with van der Waals surface area (Å²) in [6.07, 6.45) is 2.94. The van der Waals surface area contributed by atoms with Gasteiger partial charge in [-0.15, -0.1) is 0 Å². The Morgan fingerprint density at radius 1 is 1.40 bits per heavy atom. The summed E-state index contributed by atoms with van der Waals surface area (Å²) in [5.74, 6) is 0.726. The zero-order valence-corrected chi connectivity index (χ0v) is 13.1. The van der Waals surface area contributed by atoms with E-state index in [0.29, 0.717) is 18.3 Å². The maximum absolute atomic E-state index is 12.2. The van der Waals surface area contributed by atoms with Crippen LogP contribution in [-0.4, -0.2) is 49.6 Å². The second-order valence-electron chi connectivity index (χ2n) is 6.17. The van der Waals surface area contributed by atoms with Crippen LogP contribution in [0.3, 0.4) is 0 Å². The number of nitrogens with one attached hydrogen (secondary N) is 1. The highest BCUT2D eigenvalue weighted by molar-refractivity contribution is 5.80. The molecule has 0 radical (unpaired) electrons. The summed E-state index contributed by atoms with van der Waals surface area (Å²) in [7, 11) is 1.38. The van der Waals surface area contributed by atoms with Gasteiger partial charge in [0.1, 0.15) is 6.04 Å². The molecule has 5 heteroatoms. The number of carbonyl (C=O) groups is 2. The minimum Gasteiger partial charge on any atom is -0.468 e. The average molecular weight is 284 g/mol. The molecule has 1 saturated heterocycles. The van der Waals surface area contributed by atoms with Crippen LogP contribution in [-0.2, 0) is 14.3 Å². The van der Waals surface area contributed by atoms with Gasteiger partial charge in [0.2, 0.25) is 5.91 Å². The number of likely N-dealkylation sites (tertiary alicyclic amines) is 1. The van der Waals surface area contributed by atoms with Gasteiger partial charge in [0.05, 0.1) is 13.7 Å². The molecule has 20 heavy (non-hydrogen) atoms. The third-order valence-electron chi connectivity index (χ3n) is 3.70. The van der Waals surface area contributed by atoms with Crippen LogP contribution in [0.2, 0.25) is 0 Å². The van der Waals surface area contributed by atoms with Gasteiger partial charge in [0.25, 0.3) is 0 Å². The molecule has 0 saturated carbocycles. The Hall–Kier alpha value is -1.10. The van der Waals surface area contributed by atoms with Crippen molar-refractivity contribution in [2.75, 3.05) is 26.7 Å². The minimum absolute atomic E-state index is 0.0780. The molecule has 2 unspecified atom stereocenters. The summed E-state index contributed by atoms with van der Waals surface area (Å²) in [6, 6.07) is -0.397. The summed E-state index contributed by atoms with van der Waals surface area (Å²) >= 11 is 0. The number of amides is 1. The van der Waals surface area contributed by atoms with Crippen molar-refractivity contribution in [3.8, 4) is 0 Å². The van der Waals surface area contributed by atoms with Crippen molar-refractivity contribution < 1.29 is 14.3 Å². The van der Waals surface area contributed by atoms with Crippen LogP contribution < -0.4 is 5.32 Å². The first kappa shape index (κ1) is 17.0. The molecule has 1 rings (SSSR count). The molecule has 0 aromatic rings. The van der Waals surface area contributed by atoms with Gasteiger partial charge in [-0.25, -0.2) is 0 Å². The van der Waals surface area contributed by atoms with E-state index in [-0.39, 0.29) is 18.4 Å². The van der Waals surface area contributed by atoms with Gasteiger partial charge >= 0.3 is 5.97 Å². The fraction of sp³-hybridized carbons (Fsp3) is 0.867. The van der Waals surface area contributed by atoms with E-state index < -0.39 is 6.04 Å². The number of hydrogen-bond donors (Lipinski definition) is 1. The highest BCUT2D eigenvalue weighted by Gasteiger charge is 2.24. The molecular formula is C15H28N2O3. The monoisotopic (exact) mass is 284 g/mol. The molecule has 0 spiro atoms. The lowest BCUT2D eigenvalue weighted by Crippen LogP contribution is -2.47. The van der Waals surface area contributed by atoms with Crippen molar-refractivity contribution >= 4 is 11.9 Å². The molecule has 1 fully saturated rings. The Balaban J connectivity index is 2.45. The van der Waals surface area contributed by atoms with E-state index in [4.69, 9.17) is 4.74 Å². The molecule has 0 bridgehead atoms. The number of hydrogen-bond acceptors (Lipinski definition) is 4. The molecule has 2 atom stereocenters. The lowest BCUT2D eigenvalue weighted by Gasteiger charge is -2.31. The fourth-order valence-electron chi connectivity index (χ4n) is 2.61. The van der Waals surface area contributed by atoms with E-state index in [1.165, 1.54) is 13.5 Å². The molecule has 1 N–H and O–H groups in total. The van der Waals surface area contributed by atoms with Crippen molar-refractivity contribution in [1.29, 1.82) is 0 Å². The highest BCUT2D eigenvalue weighted by Crippen LogP contribution is 2.15. The van der Waals surface area contributed by atoms with Crippen molar-refractivity contribution in [2.24, 2.45) is 11.8 Å². The molecule has 1 heterocycles. The normalized spacial score (nSPS) is 20.9. The maximum Gasteiger partial charge on any atom is 0.322 e. The van der Waals surface area contributed by atoms with Crippen LogP contribution in [0.25, 0.3) is 0 Å². The SMILES string of the molecule is COC(=O)C(CC(C)C)NCC(=O)N1CCCC(C)C1. The summed E-state index contributed by atoms with van der Waals surface area (Å²) in [6.45, 7) is 8.13. The van der Waals surface area contributed by atoms with Gasteiger partial charge in [-0.2, -0.15) is 0 Å². The number of esters is 1. The molecule has 0 aromatic heterocycles. The Labute approximate surface area is 122 Å². The summed E-state index contributed by atoms with van der Waals surface area (Å²) in [5, 5.41) is 3.05. The van der Waals surface area contributed by atoms with E-state index in [1.807, 2.05) is 18.7 Å². The average Bonchev–Trinajstić information content (AvgIpc) is 2.41. The third kappa shape index (κ3) is 5.49. The zero-order valence-electron chi connectivity index (χ0n) is 13.1. The topological polar surface area (TPSA) is 58.6 Å². The largest absolute Gasteiger partial charge is 0.468 e. The number of methoxy groups -OCH3 is 1. The standard InChI is InChI=1S/C15H28N2O3/c1-11(2)8-13(15(19)20-4)16-9-14(18)17-7-5-6-12(3)10-17/h11-13,16H,5-10H2,1-4H3. The lowest BCUT2D eigenvalue weighted by atomic mass is 10.0. The Kier molecular flexibility index (Phi) is 6.99. The Morgan fingerprint density at radius 2 is 2.10 bits per heavy atom. The second-order valence-corrected chi connectivity index (χ2v) is 6.17. The van der Waals surface area contributed by atoms with E-state index >= 15 is 0 Å². The van der Waals surface area contributed by atoms with Crippen LogP contribution in [0.15, 0.2) is 0 Å². The molecule has 1 aliphatic heterocycles. The summed E-state index contributed by atoms with van der Waals surface area (Å²) in [4.78, 5) is 25.7. The van der Waals surface area contributed by atoms with Gasteiger partial charge in [0.15, 0.2) is 0 Å². The molecule has 1 aliphatic rings. The predicted octanol–water partition coefficient (Wildman–Crippen LogP) is 1.42. The predicted molar refractivity (Wildman–Crippen MR) is 78.2 cm³/mol. The van der Waals surface area contributed by atoms with Gasteiger partial charge in [0, 0.05) is 13.1 Å². The smallest absolute Gasteiger partial charge is 0.322 e. The Morgan fingerprint density at radius 3 is 2.65 bits per heavy atom. The maximum atomic E-state index is 12.2. The Bertz CT molecular complexity index is 331. The van der Waals surface area contributed by atoms with Crippen LogP contribution in [0.5, 0.6) is 0 Å². The van der Waals surface area contributed by atoms with Crippen LogP contribution in [0, 0.1) is 11.8 Å². The zero-order chi connectivity index (χ0) is 15.1. The number of nitrogens with zero attached hydrogens (tertiary/aromatic N) is 1. The fourth-order valence-corrected chi connectivity index (χ4v) is 2.61. The van der Waals surface area contributed by atoms with E-state index in [1.54, 1.807) is 0 Å². The van der Waals surface area contributed by atoms with Gasteiger partial charge in [-0.1, -0.05) is 20.8 Å². The summed E-state index contributed by atoms with van der Waals surface area (Å²) < 4.78 is 4.78. The van der Waals surface area contributed by atoms with E-state index in [0.717, 1.165) is 19.5 Å². The molecule has 1 amide bonds. The van der Waals surface area contributed by atoms with Gasteiger partial charge in [-0.3, -0.25) is 14.9 Å². The molecular weight excluding hydrogens is 256 g/mol. The van der Waals surface area contributed by atoms with Crippen LogP contribution in [0.4, 0.5) is 0 Å². The quantitative estimate of drug-likeness (QED) is 0.750. The van der Waals surface area contributed by atoms with Crippen LogP contribution in [0.1, 0.15) is 40.0 Å².